The van der Waals surface area contributed by atoms with Gasteiger partial charge in [0.05, 0.1) is 38.0 Å². The molecule has 6 nitrogen and oxygen atoms in total. The highest BCUT2D eigenvalue weighted by Gasteiger charge is 2.09. The number of nitrogens with zero attached hydrogens (tertiary/aromatic N) is 2. The van der Waals surface area contributed by atoms with E-state index in [1.54, 1.807) is 26.6 Å². The molecule has 3 aromatic carbocycles. The second-order valence-corrected chi connectivity index (χ2v) is 5.81. The molecule has 0 fully saturated rings. The van der Waals surface area contributed by atoms with Crippen molar-refractivity contribution in [1.29, 1.82) is 0 Å². The molecule has 3 aromatic rings. The van der Waals surface area contributed by atoms with E-state index in [9.17, 15) is 0 Å². The zero-order valence-electron chi connectivity index (χ0n) is 15.8. The molecular weight excluding hydrogens is 352 g/mol. The minimum Gasteiger partial charge on any atom is -0.496 e. The van der Waals surface area contributed by atoms with Crippen LogP contribution in [-0.2, 0) is 0 Å². The van der Waals surface area contributed by atoms with Crippen molar-refractivity contribution < 1.29 is 9.47 Å². The van der Waals surface area contributed by atoms with Gasteiger partial charge in [-0.15, -0.1) is 0 Å². The van der Waals surface area contributed by atoms with Crippen molar-refractivity contribution in [3.8, 4) is 11.5 Å². The molecule has 0 bridgehead atoms. The molecule has 28 heavy (non-hydrogen) atoms. The van der Waals surface area contributed by atoms with E-state index >= 15 is 0 Å². The summed E-state index contributed by atoms with van der Waals surface area (Å²) in [6, 6.07) is 23.2. The average Bonchev–Trinajstić information content (AvgIpc) is 2.75. The van der Waals surface area contributed by atoms with Gasteiger partial charge in [-0.1, -0.05) is 36.4 Å². The quantitative estimate of drug-likeness (QED) is 0.447. The third-order valence-electron chi connectivity index (χ3n) is 3.92. The molecule has 0 saturated carbocycles. The Morgan fingerprint density at radius 1 is 0.643 bits per heavy atom. The molecule has 0 amide bonds. The van der Waals surface area contributed by atoms with Crippen LogP contribution in [0.2, 0.25) is 0 Å². The molecule has 0 unspecified atom stereocenters. The number of benzene rings is 3. The maximum atomic E-state index is 5.50. The highest BCUT2D eigenvalue weighted by atomic mass is 16.5. The van der Waals surface area contributed by atoms with Crippen molar-refractivity contribution in [2.45, 2.75) is 0 Å². The second kappa shape index (κ2) is 9.78. The van der Waals surface area contributed by atoms with Gasteiger partial charge in [0.25, 0.3) is 0 Å². The van der Waals surface area contributed by atoms with Gasteiger partial charge in [0.2, 0.25) is 0 Å². The zero-order valence-corrected chi connectivity index (χ0v) is 15.8. The van der Waals surface area contributed by atoms with Crippen molar-refractivity contribution in [3.05, 3.63) is 83.9 Å². The van der Waals surface area contributed by atoms with E-state index in [2.05, 4.69) is 21.1 Å². The maximum absolute atomic E-state index is 5.50. The molecular formula is C22H22N4O2. The normalized spacial score (nSPS) is 10.9. The standard InChI is InChI=1S/C22H22N4O2/c1-27-21-13-18(16-24-26-20-11-7-4-8-12-20)22(28-2)14-17(21)15-23-25-19-9-5-3-6-10-19/h3-16,25-26H,1-2H3. The summed E-state index contributed by atoms with van der Waals surface area (Å²) in [5, 5.41) is 8.54. The minimum absolute atomic E-state index is 0.667. The van der Waals surface area contributed by atoms with Crippen LogP contribution >= 0.6 is 0 Å². The summed E-state index contributed by atoms with van der Waals surface area (Å²) in [5.41, 5.74) is 9.35. The van der Waals surface area contributed by atoms with Crippen molar-refractivity contribution in [3.63, 3.8) is 0 Å². The van der Waals surface area contributed by atoms with E-state index < -0.39 is 0 Å². The highest BCUT2D eigenvalue weighted by molar-refractivity contribution is 5.91. The SMILES string of the molecule is COc1cc(C=NNc2ccccc2)c(OC)cc1C=NNc1ccccc1. The van der Waals surface area contributed by atoms with Crippen LogP contribution in [0.15, 0.2) is 83.0 Å². The Morgan fingerprint density at radius 3 is 1.39 bits per heavy atom. The van der Waals surface area contributed by atoms with Gasteiger partial charge in [-0.25, -0.2) is 0 Å². The van der Waals surface area contributed by atoms with Gasteiger partial charge >= 0.3 is 0 Å². The molecule has 0 spiro atoms. The summed E-state index contributed by atoms with van der Waals surface area (Å²) < 4.78 is 11.0. The molecule has 0 atom stereocenters. The van der Waals surface area contributed by atoms with Crippen LogP contribution in [-0.4, -0.2) is 26.6 Å². The summed E-state index contributed by atoms with van der Waals surface area (Å²) in [5.74, 6) is 1.33. The van der Waals surface area contributed by atoms with Gasteiger partial charge in [0, 0.05) is 11.1 Å². The number of nitrogens with one attached hydrogen (secondary N) is 2. The first-order chi connectivity index (χ1) is 13.8. The van der Waals surface area contributed by atoms with Gasteiger partial charge in [0.15, 0.2) is 0 Å². The first kappa shape index (κ1) is 19.0. The molecule has 2 N–H and O–H groups in total. The highest BCUT2D eigenvalue weighted by Crippen LogP contribution is 2.27. The lowest BCUT2D eigenvalue weighted by Gasteiger charge is -2.10. The lowest BCUT2D eigenvalue weighted by molar-refractivity contribution is 0.402. The third-order valence-corrected chi connectivity index (χ3v) is 3.92. The van der Waals surface area contributed by atoms with Crippen LogP contribution in [0.3, 0.4) is 0 Å². The predicted octanol–water partition coefficient (Wildman–Crippen LogP) is 4.60. The maximum Gasteiger partial charge on any atom is 0.128 e. The van der Waals surface area contributed by atoms with E-state index in [-0.39, 0.29) is 0 Å². The largest absolute Gasteiger partial charge is 0.496 e. The lowest BCUT2D eigenvalue weighted by atomic mass is 10.1. The topological polar surface area (TPSA) is 67.2 Å². The monoisotopic (exact) mass is 374 g/mol. The minimum atomic E-state index is 0.667. The van der Waals surface area contributed by atoms with E-state index in [0.29, 0.717) is 11.5 Å². The van der Waals surface area contributed by atoms with Crippen LogP contribution < -0.4 is 20.3 Å². The molecule has 0 aliphatic heterocycles. The lowest BCUT2D eigenvalue weighted by Crippen LogP contribution is -1.99. The number of hydrogen-bond acceptors (Lipinski definition) is 6. The van der Waals surface area contributed by atoms with E-state index in [1.807, 2.05) is 72.8 Å². The molecule has 0 aliphatic rings. The molecule has 142 valence electrons. The van der Waals surface area contributed by atoms with Gasteiger partial charge in [-0.2, -0.15) is 10.2 Å². The Labute approximate surface area is 164 Å². The fourth-order valence-corrected chi connectivity index (χ4v) is 2.52. The molecule has 0 aliphatic carbocycles. The first-order valence-corrected chi connectivity index (χ1v) is 8.74. The Hall–Kier alpha value is -3.80. The number of rotatable bonds is 8. The predicted molar refractivity (Wildman–Crippen MR) is 115 cm³/mol. The summed E-state index contributed by atoms with van der Waals surface area (Å²) >= 11 is 0. The number of para-hydroxylation sites is 2. The van der Waals surface area contributed by atoms with Crippen molar-refractivity contribution in [2.75, 3.05) is 25.1 Å². The van der Waals surface area contributed by atoms with Crippen LogP contribution in [0, 0.1) is 0 Å². The molecule has 6 heteroatoms. The summed E-state index contributed by atoms with van der Waals surface area (Å²) in [6.45, 7) is 0. The van der Waals surface area contributed by atoms with Crippen LogP contribution in [0.4, 0.5) is 11.4 Å². The summed E-state index contributed by atoms with van der Waals surface area (Å²) in [7, 11) is 3.24. The smallest absolute Gasteiger partial charge is 0.128 e. The van der Waals surface area contributed by atoms with Gasteiger partial charge in [-0.3, -0.25) is 10.9 Å². The Bertz CT molecular complexity index is 862. The van der Waals surface area contributed by atoms with Crippen molar-refractivity contribution in [1.82, 2.24) is 0 Å². The number of ether oxygens (including phenoxy) is 2. The molecule has 0 saturated heterocycles. The van der Waals surface area contributed by atoms with Gasteiger partial charge in [-0.05, 0) is 36.4 Å². The van der Waals surface area contributed by atoms with E-state index in [1.165, 1.54) is 0 Å². The first-order valence-electron chi connectivity index (χ1n) is 8.74. The van der Waals surface area contributed by atoms with Crippen LogP contribution in [0.1, 0.15) is 11.1 Å². The molecule has 0 radical (unpaired) electrons. The zero-order chi connectivity index (χ0) is 19.6. The second-order valence-electron chi connectivity index (χ2n) is 5.81. The Morgan fingerprint density at radius 2 is 1.04 bits per heavy atom. The average molecular weight is 374 g/mol. The number of anilines is 2. The molecule has 0 aromatic heterocycles. The molecule has 3 rings (SSSR count). The number of hydrogen-bond donors (Lipinski definition) is 2. The van der Waals surface area contributed by atoms with Gasteiger partial charge in [0.1, 0.15) is 11.5 Å². The number of methoxy groups -OCH3 is 2. The van der Waals surface area contributed by atoms with Crippen LogP contribution in [0.25, 0.3) is 0 Å². The van der Waals surface area contributed by atoms with Gasteiger partial charge < -0.3 is 9.47 Å². The molecule has 0 heterocycles. The van der Waals surface area contributed by atoms with Crippen molar-refractivity contribution >= 4 is 23.8 Å². The van der Waals surface area contributed by atoms with E-state index in [0.717, 1.165) is 22.5 Å². The number of hydrazone groups is 2. The Balaban J connectivity index is 1.77. The van der Waals surface area contributed by atoms with E-state index in [4.69, 9.17) is 9.47 Å². The van der Waals surface area contributed by atoms with Crippen LogP contribution in [0.5, 0.6) is 11.5 Å². The van der Waals surface area contributed by atoms with Crippen molar-refractivity contribution in [2.24, 2.45) is 10.2 Å². The Kier molecular flexibility index (Phi) is 6.62. The fourth-order valence-electron chi connectivity index (χ4n) is 2.52. The fraction of sp³-hybridized carbons (Fsp3) is 0.0909. The summed E-state index contributed by atoms with van der Waals surface area (Å²) in [6.07, 6.45) is 3.38. The summed E-state index contributed by atoms with van der Waals surface area (Å²) in [4.78, 5) is 0. The third kappa shape index (κ3) is 5.11.